The van der Waals surface area contributed by atoms with Gasteiger partial charge in [-0.1, -0.05) is 6.07 Å². The van der Waals surface area contributed by atoms with E-state index in [0.717, 1.165) is 12.8 Å². The molecular formula is C20H22Zr+2. The van der Waals surface area contributed by atoms with Crippen LogP contribution in [0.5, 0.6) is 0 Å². The van der Waals surface area contributed by atoms with Gasteiger partial charge in [0.05, 0.1) is 0 Å². The minimum Gasteiger partial charge on any atom is -0.344 e. The molecule has 0 saturated heterocycles. The molecular weight excluding hydrogens is 331 g/mol. The number of hydrogen-bond donors (Lipinski definition) is 0. The summed E-state index contributed by atoms with van der Waals surface area (Å²) in [6.45, 7) is 3.77. The van der Waals surface area contributed by atoms with Crippen molar-refractivity contribution in [2.75, 3.05) is 0 Å². The second-order valence-corrected chi connectivity index (χ2v) is 4.18. The van der Waals surface area contributed by atoms with Gasteiger partial charge in [-0.25, -0.2) is 0 Å². The Morgan fingerprint density at radius 1 is 0.667 bits per heavy atom. The van der Waals surface area contributed by atoms with Gasteiger partial charge in [-0.2, -0.15) is 30.5 Å². The second-order valence-electron chi connectivity index (χ2n) is 4.18. The van der Waals surface area contributed by atoms with Crippen LogP contribution in [0.25, 0.3) is 0 Å². The largest absolute Gasteiger partial charge is 4.00 e. The summed E-state index contributed by atoms with van der Waals surface area (Å²) >= 11 is 0. The molecule has 0 nitrogen and oxygen atoms in total. The van der Waals surface area contributed by atoms with Crippen LogP contribution in [0, 0.1) is 77.6 Å². The number of hydrogen-bond acceptors (Lipinski definition) is 0. The van der Waals surface area contributed by atoms with Gasteiger partial charge in [0.1, 0.15) is 0 Å². The van der Waals surface area contributed by atoms with E-state index in [4.69, 9.17) is 0 Å². The third-order valence-corrected chi connectivity index (χ3v) is 2.49. The Bertz CT molecular complexity index is 261. The first-order valence-electron chi connectivity index (χ1n) is 6.94. The molecule has 2 aliphatic carbocycles. The van der Waals surface area contributed by atoms with E-state index < -0.39 is 0 Å². The second kappa shape index (κ2) is 16.3. The summed E-state index contributed by atoms with van der Waals surface area (Å²) in [5.41, 5.74) is 1.30. The Morgan fingerprint density at radius 3 is 1.38 bits per heavy atom. The third-order valence-electron chi connectivity index (χ3n) is 2.49. The van der Waals surface area contributed by atoms with Gasteiger partial charge in [-0.05, 0) is 64.2 Å². The van der Waals surface area contributed by atoms with E-state index in [2.05, 4.69) is 37.6 Å². The van der Waals surface area contributed by atoms with Crippen LogP contribution < -0.4 is 0 Å². The first kappa shape index (κ1) is 21.0. The molecule has 2 aliphatic rings. The fourth-order valence-corrected chi connectivity index (χ4v) is 1.50. The van der Waals surface area contributed by atoms with Gasteiger partial charge in [0.25, 0.3) is 0 Å². The zero-order chi connectivity index (χ0) is 14.3. The molecule has 21 heavy (non-hydrogen) atoms. The van der Waals surface area contributed by atoms with Crippen LogP contribution in [0.15, 0.2) is 30.3 Å². The molecule has 1 aromatic carbocycles. The Kier molecular flexibility index (Phi) is 16.3. The molecule has 104 valence electrons. The van der Waals surface area contributed by atoms with Crippen molar-refractivity contribution in [3.63, 3.8) is 0 Å². The molecule has 0 amide bonds. The third kappa shape index (κ3) is 13.4. The average molecular weight is 354 g/mol. The first-order chi connectivity index (χ1) is 9.93. The molecule has 10 radical (unpaired) electrons. The minimum absolute atomic E-state index is 0. The first-order valence-corrected chi connectivity index (χ1v) is 6.94. The number of rotatable bonds is 3. The minimum atomic E-state index is 0. The van der Waals surface area contributed by atoms with Gasteiger partial charge in [0.15, 0.2) is 0 Å². The van der Waals surface area contributed by atoms with Crippen molar-refractivity contribution in [1.82, 2.24) is 0 Å². The average Bonchev–Trinajstić information content (AvgIpc) is 3.23. The van der Waals surface area contributed by atoms with E-state index in [9.17, 15) is 0 Å². The van der Waals surface area contributed by atoms with Crippen molar-refractivity contribution in [3.05, 3.63) is 113 Å². The molecule has 0 atom stereocenters. The molecule has 0 N–H and O–H groups in total. The molecule has 0 aromatic heterocycles. The molecule has 1 heteroatoms. The summed E-state index contributed by atoms with van der Waals surface area (Å²) in [6.07, 6.45) is 24.3. The van der Waals surface area contributed by atoms with E-state index in [0.29, 0.717) is 0 Å². The van der Waals surface area contributed by atoms with Crippen LogP contribution >= 0.6 is 0 Å². The summed E-state index contributed by atoms with van der Waals surface area (Å²) in [6, 6.07) is 10.3. The summed E-state index contributed by atoms with van der Waals surface area (Å²) in [5, 5.41) is 0. The summed E-state index contributed by atoms with van der Waals surface area (Å²) in [7, 11) is 0. The SMILES string of the molecule is [CH2-]CC[CH-]c1ccccc1.[CH]1[CH][CH][CH][CH]1.[CH]1[CH][CH][CH][CH]1.[Zr+4]. The molecule has 0 spiro atoms. The van der Waals surface area contributed by atoms with Gasteiger partial charge in [-0.15, -0.1) is 18.6 Å². The van der Waals surface area contributed by atoms with E-state index in [-0.39, 0.29) is 26.2 Å². The molecule has 2 saturated carbocycles. The van der Waals surface area contributed by atoms with Crippen molar-refractivity contribution in [2.24, 2.45) is 0 Å². The Balaban J connectivity index is 0.000000307. The normalized spacial score (nSPS) is 15.9. The Morgan fingerprint density at radius 2 is 1.05 bits per heavy atom. The smallest absolute Gasteiger partial charge is 0.344 e. The standard InChI is InChI=1S/C10H12.2C5H5.Zr/c1-2-3-7-10-8-5-4-6-9-10;2*1-2-4-5-3-1;/h4-9H,1-3H2;2*1-5H;/q-2;;;+4. The molecule has 0 bridgehead atoms. The van der Waals surface area contributed by atoms with Crippen molar-refractivity contribution in [2.45, 2.75) is 12.8 Å². The quantitative estimate of drug-likeness (QED) is 0.679. The maximum atomic E-state index is 3.77. The summed E-state index contributed by atoms with van der Waals surface area (Å²) in [4.78, 5) is 0. The summed E-state index contributed by atoms with van der Waals surface area (Å²) < 4.78 is 0. The van der Waals surface area contributed by atoms with Crippen molar-refractivity contribution < 1.29 is 26.2 Å². The monoisotopic (exact) mass is 352 g/mol. The van der Waals surface area contributed by atoms with E-state index in [1.807, 2.05) is 70.3 Å². The van der Waals surface area contributed by atoms with Gasteiger partial charge in [0.2, 0.25) is 0 Å². The molecule has 3 rings (SSSR count). The predicted molar refractivity (Wildman–Crippen MR) is 87.4 cm³/mol. The van der Waals surface area contributed by atoms with Gasteiger partial charge < -0.3 is 6.92 Å². The maximum absolute atomic E-state index is 3.77. The Hall–Kier alpha value is -0.0269. The van der Waals surface area contributed by atoms with Crippen molar-refractivity contribution in [3.8, 4) is 0 Å². The van der Waals surface area contributed by atoms with Crippen molar-refractivity contribution in [1.29, 1.82) is 0 Å². The number of unbranched alkanes of at least 4 members (excludes halogenated alkanes) is 1. The van der Waals surface area contributed by atoms with Gasteiger partial charge in [0, 0.05) is 0 Å². The van der Waals surface area contributed by atoms with Crippen LogP contribution in [0.1, 0.15) is 18.4 Å². The van der Waals surface area contributed by atoms with E-state index in [1.165, 1.54) is 5.56 Å². The fraction of sp³-hybridized carbons (Fsp3) is 0.100. The van der Waals surface area contributed by atoms with Crippen LogP contribution in [-0.4, -0.2) is 0 Å². The molecule has 1 aromatic rings. The zero-order valence-electron chi connectivity index (χ0n) is 12.4. The Labute approximate surface area is 152 Å². The fourth-order valence-electron chi connectivity index (χ4n) is 1.50. The molecule has 2 fully saturated rings. The van der Waals surface area contributed by atoms with Gasteiger partial charge >= 0.3 is 26.2 Å². The topological polar surface area (TPSA) is 0 Å². The van der Waals surface area contributed by atoms with E-state index >= 15 is 0 Å². The zero-order valence-corrected chi connectivity index (χ0v) is 14.8. The van der Waals surface area contributed by atoms with Crippen LogP contribution in [0.4, 0.5) is 0 Å². The predicted octanol–water partition coefficient (Wildman–Crippen LogP) is 4.89. The molecule has 0 aliphatic heterocycles. The van der Waals surface area contributed by atoms with E-state index in [1.54, 1.807) is 0 Å². The molecule has 0 heterocycles. The van der Waals surface area contributed by atoms with Crippen LogP contribution in [-0.2, 0) is 26.2 Å². The van der Waals surface area contributed by atoms with Crippen LogP contribution in [0.2, 0.25) is 0 Å². The van der Waals surface area contributed by atoms with Crippen molar-refractivity contribution >= 4 is 0 Å². The maximum Gasteiger partial charge on any atom is 4.00 e. The van der Waals surface area contributed by atoms with Gasteiger partial charge in [-0.3, -0.25) is 0 Å². The summed E-state index contributed by atoms with van der Waals surface area (Å²) in [5.74, 6) is 0. The molecule has 0 unspecified atom stereocenters. The number of benzene rings is 1. The van der Waals surface area contributed by atoms with Crippen LogP contribution in [0.3, 0.4) is 0 Å².